The summed E-state index contributed by atoms with van der Waals surface area (Å²) >= 11 is 0. The van der Waals surface area contributed by atoms with Crippen molar-refractivity contribution >= 4 is 10.9 Å². The van der Waals surface area contributed by atoms with Gasteiger partial charge < -0.3 is 10.8 Å². The number of rotatable bonds is 8. The van der Waals surface area contributed by atoms with Crippen LogP contribution in [0.3, 0.4) is 0 Å². The van der Waals surface area contributed by atoms with Crippen molar-refractivity contribution in [2.24, 2.45) is 5.73 Å². The number of aliphatic hydroxyl groups is 1. The first-order valence-corrected chi connectivity index (χ1v) is 10.0. The normalized spacial score (nSPS) is 11.3. The molecule has 0 aliphatic carbocycles. The second kappa shape index (κ2) is 9.11. The third kappa shape index (κ3) is 4.08. The van der Waals surface area contributed by atoms with Gasteiger partial charge in [-0.25, -0.2) is 14.1 Å². The zero-order valence-electron chi connectivity index (χ0n) is 16.6. The Morgan fingerprint density at radius 3 is 2.63 bits per heavy atom. The van der Waals surface area contributed by atoms with Gasteiger partial charge in [0.15, 0.2) is 5.82 Å². The second-order valence-corrected chi connectivity index (χ2v) is 7.16. The molecule has 0 atom stereocenters. The first-order valence-electron chi connectivity index (χ1n) is 10.0. The van der Waals surface area contributed by atoms with Crippen LogP contribution in [0.5, 0.6) is 0 Å². The Morgan fingerprint density at radius 1 is 1.00 bits per heavy atom. The Labute approximate surface area is 174 Å². The van der Waals surface area contributed by atoms with Gasteiger partial charge in [-0.05, 0) is 67.8 Å². The molecule has 4 aromatic rings. The van der Waals surface area contributed by atoms with Crippen LogP contribution in [0.25, 0.3) is 28.0 Å². The van der Waals surface area contributed by atoms with E-state index in [1.165, 1.54) is 0 Å². The fourth-order valence-electron chi connectivity index (χ4n) is 3.54. The molecule has 3 heterocycles. The van der Waals surface area contributed by atoms with E-state index in [2.05, 4.69) is 10.1 Å². The maximum absolute atomic E-state index is 13.8. The fraction of sp³-hybridized carbons (Fsp3) is 0.261. The molecule has 3 N–H and O–H groups in total. The van der Waals surface area contributed by atoms with Crippen molar-refractivity contribution < 1.29 is 9.50 Å². The molecule has 3 aromatic heterocycles. The number of alkyl halides is 1. The maximum atomic E-state index is 13.8. The smallest absolute Gasteiger partial charge is 0.154 e. The van der Waals surface area contributed by atoms with Crippen LogP contribution >= 0.6 is 0 Å². The van der Waals surface area contributed by atoms with Gasteiger partial charge in [0.1, 0.15) is 6.67 Å². The quantitative estimate of drug-likeness (QED) is 0.436. The zero-order chi connectivity index (χ0) is 20.9. The molecule has 30 heavy (non-hydrogen) atoms. The van der Waals surface area contributed by atoms with Crippen molar-refractivity contribution in [2.75, 3.05) is 6.54 Å². The van der Waals surface area contributed by atoms with E-state index >= 15 is 0 Å². The van der Waals surface area contributed by atoms with Gasteiger partial charge in [-0.15, -0.1) is 0 Å². The van der Waals surface area contributed by atoms with E-state index in [1.807, 2.05) is 42.5 Å². The number of pyridine rings is 2. The first-order chi connectivity index (χ1) is 14.7. The highest BCUT2D eigenvalue weighted by Crippen LogP contribution is 2.29. The molecule has 0 aliphatic rings. The number of aromatic nitrogens is 4. The third-order valence-corrected chi connectivity index (χ3v) is 5.08. The van der Waals surface area contributed by atoms with Crippen molar-refractivity contribution in [3.63, 3.8) is 0 Å². The molecule has 0 spiro atoms. The summed E-state index contributed by atoms with van der Waals surface area (Å²) in [5.74, 6) is 0.571. The van der Waals surface area contributed by atoms with Crippen LogP contribution in [0.2, 0.25) is 0 Å². The minimum absolute atomic E-state index is 0.158. The molecule has 1 aromatic carbocycles. The lowest BCUT2D eigenvalue weighted by Crippen LogP contribution is -2.02. The Balaban J connectivity index is 1.79. The highest BCUT2D eigenvalue weighted by molar-refractivity contribution is 5.88. The number of nitrogens with zero attached hydrogens (tertiary/aromatic N) is 4. The van der Waals surface area contributed by atoms with Gasteiger partial charge in [-0.2, -0.15) is 5.10 Å². The standard InChI is InChI=1S/C23H24FN5O/c24-13-17-11-16(21-8-3-6-18(27-21)5-1-2-10-25)12-22-20(17)14-26-29(22)23-9-4-7-19(15-30)28-23/h3-4,6-9,11-12,14,30H,1-2,5,10,13,15,25H2. The number of fused-ring (bicyclic) bond motifs is 1. The molecule has 0 unspecified atom stereocenters. The number of aryl methyl sites for hydroxylation is 1. The van der Waals surface area contributed by atoms with E-state index in [0.29, 0.717) is 23.6 Å². The van der Waals surface area contributed by atoms with Crippen LogP contribution in [-0.2, 0) is 19.7 Å². The predicted molar refractivity (Wildman–Crippen MR) is 115 cm³/mol. The Hall–Kier alpha value is -3.16. The lowest BCUT2D eigenvalue weighted by atomic mass is 10.0. The maximum Gasteiger partial charge on any atom is 0.154 e. The Morgan fingerprint density at radius 2 is 1.83 bits per heavy atom. The number of unbranched alkanes of at least 4 members (excludes halogenated alkanes) is 1. The van der Waals surface area contributed by atoms with E-state index in [1.54, 1.807) is 16.9 Å². The second-order valence-electron chi connectivity index (χ2n) is 7.16. The number of halogens is 1. The number of hydrogen-bond acceptors (Lipinski definition) is 5. The topological polar surface area (TPSA) is 89.8 Å². The van der Waals surface area contributed by atoms with Crippen LogP contribution in [0.1, 0.15) is 29.8 Å². The number of benzene rings is 1. The van der Waals surface area contributed by atoms with Crippen LogP contribution < -0.4 is 5.73 Å². The Bertz CT molecular complexity index is 1160. The van der Waals surface area contributed by atoms with E-state index in [9.17, 15) is 9.50 Å². The molecule has 0 fully saturated rings. The minimum Gasteiger partial charge on any atom is -0.390 e. The molecular weight excluding hydrogens is 381 g/mol. The van der Waals surface area contributed by atoms with E-state index in [-0.39, 0.29) is 6.61 Å². The third-order valence-electron chi connectivity index (χ3n) is 5.08. The summed E-state index contributed by atoms with van der Waals surface area (Å²) in [4.78, 5) is 9.20. The molecule has 0 aliphatic heterocycles. The van der Waals surface area contributed by atoms with Gasteiger partial charge in [-0.3, -0.25) is 4.98 Å². The van der Waals surface area contributed by atoms with Crippen molar-refractivity contribution in [3.05, 3.63) is 71.7 Å². The van der Waals surface area contributed by atoms with Crippen molar-refractivity contribution in [1.29, 1.82) is 0 Å². The summed E-state index contributed by atoms with van der Waals surface area (Å²) in [6.07, 6.45) is 4.46. The van der Waals surface area contributed by atoms with Crippen LogP contribution in [0.4, 0.5) is 4.39 Å². The molecule has 154 valence electrons. The Kier molecular flexibility index (Phi) is 6.11. The van der Waals surface area contributed by atoms with Crippen molar-refractivity contribution in [2.45, 2.75) is 32.5 Å². The van der Waals surface area contributed by atoms with E-state index in [4.69, 9.17) is 10.7 Å². The van der Waals surface area contributed by atoms with Crippen molar-refractivity contribution in [1.82, 2.24) is 19.7 Å². The van der Waals surface area contributed by atoms with Crippen LogP contribution in [-0.4, -0.2) is 31.4 Å². The zero-order valence-corrected chi connectivity index (χ0v) is 16.6. The lowest BCUT2D eigenvalue weighted by molar-refractivity contribution is 0.276. The lowest BCUT2D eigenvalue weighted by Gasteiger charge is -2.09. The van der Waals surface area contributed by atoms with Gasteiger partial charge in [0, 0.05) is 16.6 Å². The van der Waals surface area contributed by atoms with Gasteiger partial charge in [0.25, 0.3) is 0 Å². The van der Waals surface area contributed by atoms with Gasteiger partial charge in [-0.1, -0.05) is 12.1 Å². The molecule has 6 nitrogen and oxygen atoms in total. The molecule has 0 saturated heterocycles. The summed E-state index contributed by atoms with van der Waals surface area (Å²) in [6, 6.07) is 15.1. The van der Waals surface area contributed by atoms with Gasteiger partial charge in [0.2, 0.25) is 0 Å². The molecule has 7 heteroatoms. The molecule has 0 amide bonds. The monoisotopic (exact) mass is 405 g/mol. The highest BCUT2D eigenvalue weighted by atomic mass is 19.1. The first kappa shape index (κ1) is 20.1. The number of aliphatic hydroxyl groups excluding tert-OH is 1. The SMILES string of the molecule is NCCCCc1cccc(-c2cc(CF)c3cnn(-c4cccc(CO)n4)c3c2)n1. The summed E-state index contributed by atoms with van der Waals surface area (Å²) in [5, 5.41) is 14.6. The highest BCUT2D eigenvalue weighted by Gasteiger charge is 2.14. The molecular formula is C23H24FN5O. The summed E-state index contributed by atoms with van der Waals surface area (Å²) < 4.78 is 15.5. The largest absolute Gasteiger partial charge is 0.390 e. The van der Waals surface area contributed by atoms with Crippen LogP contribution in [0.15, 0.2) is 54.7 Å². The van der Waals surface area contributed by atoms with Gasteiger partial charge in [0.05, 0.1) is 29.7 Å². The van der Waals surface area contributed by atoms with Gasteiger partial charge >= 0.3 is 0 Å². The summed E-state index contributed by atoms with van der Waals surface area (Å²) in [5.41, 5.74) is 10.1. The average Bonchev–Trinajstić information content (AvgIpc) is 3.23. The van der Waals surface area contributed by atoms with Crippen LogP contribution in [0, 0.1) is 0 Å². The minimum atomic E-state index is -0.601. The summed E-state index contributed by atoms with van der Waals surface area (Å²) in [6.45, 7) is -0.0864. The number of hydrogen-bond donors (Lipinski definition) is 2. The predicted octanol–water partition coefficient (Wildman–Crippen LogP) is 3.73. The average molecular weight is 405 g/mol. The summed E-state index contributed by atoms with van der Waals surface area (Å²) in [7, 11) is 0. The molecule has 4 rings (SSSR count). The van der Waals surface area contributed by atoms with E-state index in [0.717, 1.165) is 47.1 Å². The molecule has 0 radical (unpaired) electrons. The van der Waals surface area contributed by atoms with Crippen molar-refractivity contribution in [3.8, 4) is 17.1 Å². The van der Waals surface area contributed by atoms with E-state index < -0.39 is 6.67 Å². The molecule has 0 bridgehead atoms. The number of nitrogens with two attached hydrogens (primary N) is 1. The fourth-order valence-corrected chi connectivity index (χ4v) is 3.54. The molecule has 0 saturated carbocycles.